The van der Waals surface area contributed by atoms with Crippen molar-refractivity contribution in [3.8, 4) is 0 Å². The summed E-state index contributed by atoms with van der Waals surface area (Å²) in [6.45, 7) is 6.85. The molecule has 2 aromatic rings. The van der Waals surface area contributed by atoms with Crippen molar-refractivity contribution in [1.29, 1.82) is 0 Å². The van der Waals surface area contributed by atoms with Gasteiger partial charge >= 0.3 is 0 Å². The fourth-order valence-electron chi connectivity index (χ4n) is 2.32. The van der Waals surface area contributed by atoms with Crippen molar-refractivity contribution in [2.45, 2.75) is 31.6 Å². The lowest BCUT2D eigenvalue weighted by molar-refractivity contribution is 0.619. The quantitative estimate of drug-likeness (QED) is 0.702. The minimum atomic E-state index is 0.375. The molecular formula is C14H17NS. The summed E-state index contributed by atoms with van der Waals surface area (Å²) >= 11 is 2.05. The first-order chi connectivity index (χ1) is 7.62. The van der Waals surface area contributed by atoms with Crippen molar-refractivity contribution in [2.24, 2.45) is 0 Å². The van der Waals surface area contributed by atoms with Gasteiger partial charge in [0.15, 0.2) is 0 Å². The van der Waals surface area contributed by atoms with E-state index in [1.54, 1.807) is 0 Å². The molecule has 1 nitrogen and oxygen atoms in total. The van der Waals surface area contributed by atoms with Gasteiger partial charge in [0.05, 0.1) is 0 Å². The summed E-state index contributed by atoms with van der Waals surface area (Å²) in [5.74, 6) is 1.26. The van der Waals surface area contributed by atoms with Crippen LogP contribution in [0.4, 0.5) is 0 Å². The third-order valence-electron chi connectivity index (χ3n) is 3.44. The summed E-state index contributed by atoms with van der Waals surface area (Å²) in [6.07, 6.45) is 2.36. The Bertz CT molecular complexity index is 535. The Morgan fingerprint density at radius 3 is 2.62 bits per heavy atom. The lowest BCUT2D eigenvalue weighted by Crippen LogP contribution is -2.00. The number of rotatable bonds is 2. The molecule has 1 atom stereocenters. The van der Waals surface area contributed by atoms with E-state index in [4.69, 9.17) is 0 Å². The van der Waals surface area contributed by atoms with Gasteiger partial charge in [-0.3, -0.25) is 0 Å². The normalized spacial score (nSPS) is 24.2. The zero-order valence-corrected chi connectivity index (χ0v) is 10.8. The number of hydrogen-bond donors (Lipinski definition) is 0. The first-order valence-corrected chi connectivity index (χ1v) is 6.84. The number of fused-ring (bicyclic) bond motifs is 1. The molecule has 84 valence electrons. The van der Waals surface area contributed by atoms with E-state index in [1.807, 2.05) is 0 Å². The average Bonchev–Trinajstić information content (AvgIpc) is 2.89. The fourth-order valence-corrected chi connectivity index (χ4v) is 3.01. The maximum absolute atomic E-state index is 2.40. The van der Waals surface area contributed by atoms with Gasteiger partial charge < -0.3 is 4.57 Å². The molecule has 2 heterocycles. The maximum atomic E-state index is 2.40. The molecule has 1 unspecified atom stereocenters. The Hall–Kier alpha value is -0.890. The van der Waals surface area contributed by atoms with E-state index in [-0.39, 0.29) is 0 Å². The number of hydrogen-bond acceptors (Lipinski definition) is 1. The smallest absolute Gasteiger partial charge is 0.0492 e. The lowest BCUT2D eigenvalue weighted by Gasteiger charge is -2.08. The van der Waals surface area contributed by atoms with E-state index in [9.17, 15) is 0 Å². The fraction of sp³-hybridized carbons (Fsp3) is 0.429. The zero-order chi connectivity index (χ0) is 11.3. The third-order valence-corrected chi connectivity index (χ3v) is 4.82. The second kappa shape index (κ2) is 3.30. The number of benzene rings is 1. The first kappa shape index (κ1) is 10.3. The maximum Gasteiger partial charge on any atom is 0.0492 e. The molecule has 3 rings (SSSR count). The van der Waals surface area contributed by atoms with Crippen molar-refractivity contribution in [3.63, 3.8) is 0 Å². The molecule has 0 bridgehead atoms. The predicted molar refractivity (Wildman–Crippen MR) is 72.1 cm³/mol. The summed E-state index contributed by atoms with van der Waals surface area (Å²) in [6, 6.07) is 9.30. The standard InChI is InChI=1S/C14H17NS/c1-10(2)15-8-12(14(3)9-16-14)11-6-4-5-7-13(11)15/h4-8,10H,9H2,1-3H3. The van der Waals surface area contributed by atoms with Gasteiger partial charge in [0, 0.05) is 33.6 Å². The average molecular weight is 231 g/mol. The topological polar surface area (TPSA) is 4.93 Å². The van der Waals surface area contributed by atoms with Crippen molar-refractivity contribution < 1.29 is 0 Å². The number of para-hydroxylation sites is 1. The van der Waals surface area contributed by atoms with Crippen LogP contribution in [0, 0.1) is 0 Å². The predicted octanol–water partition coefficient (Wildman–Crippen LogP) is 4.18. The van der Waals surface area contributed by atoms with Gasteiger partial charge in [-0.15, -0.1) is 11.8 Å². The molecule has 0 amide bonds. The van der Waals surface area contributed by atoms with Gasteiger partial charge in [0.2, 0.25) is 0 Å². The molecule has 0 saturated carbocycles. The highest BCUT2D eigenvalue weighted by molar-refractivity contribution is 8.07. The van der Waals surface area contributed by atoms with E-state index in [0.717, 1.165) is 0 Å². The van der Waals surface area contributed by atoms with Gasteiger partial charge in [-0.1, -0.05) is 18.2 Å². The summed E-state index contributed by atoms with van der Waals surface area (Å²) in [5.41, 5.74) is 2.89. The third kappa shape index (κ3) is 1.40. The van der Waals surface area contributed by atoms with Crippen LogP contribution in [0.2, 0.25) is 0 Å². The summed E-state index contributed by atoms with van der Waals surface area (Å²) < 4.78 is 2.77. The van der Waals surface area contributed by atoms with Crippen LogP contribution in [0.25, 0.3) is 10.9 Å². The van der Waals surface area contributed by atoms with E-state index >= 15 is 0 Å². The molecule has 16 heavy (non-hydrogen) atoms. The summed E-state index contributed by atoms with van der Waals surface area (Å²) in [4.78, 5) is 0. The number of aromatic nitrogens is 1. The molecule has 0 aliphatic carbocycles. The highest BCUT2D eigenvalue weighted by atomic mass is 32.2. The summed E-state index contributed by atoms with van der Waals surface area (Å²) in [7, 11) is 0. The molecule has 1 aliphatic rings. The van der Waals surface area contributed by atoms with Crippen LogP contribution in [-0.2, 0) is 4.75 Å². The molecule has 1 saturated heterocycles. The summed E-state index contributed by atoms with van der Waals surface area (Å²) in [5, 5.41) is 1.43. The van der Waals surface area contributed by atoms with Crippen LogP contribution in [0.3, 0.4) is 0 Å². The number of nitrogens with zero attached hydrogens (tertiary/aromatic N) is 1. The molecule has 1 fully saturated rings. The molecule has 1 aliphatic heterocycles. The molecular weight excluding hydrogens is 214 g/mol. The molecule has 0 spiro atoms. The van der Waals surface area contributed by atoms with Crippen LogP contribution in [0.15, 0.2) is 30.5 Å². The van der Waals surface area contributed by atoms with Crippen LogP contribution in [-0.4, -0.2) is 10.3 Å². The SMILES string of the molecule is CC(C)n1cc(C2(C)CS2)c2ccccc21. The van der Waals surface area contributed by atoms with Gasteiger partial charge in [-0.2, -0.15) is 0 Å². The second-order valence-electron chi connectivity index (χ2n) is 5.08. The van der Waals surface area contributed by atoms with E-state index in [1.165, 1.54) is 22.2 Å². The first-order valence-electron chi connectivity index (χ1n) is 5.86. The van der Waals surface area contributed by atoms with Gasteiger partial charge in [0.25, 0.3) is 0 Å². The van der Waals surface area contributed by atoms with Gasteiger partial charge in [-0.05, 0) is 32.4 Å². The minimum Gasteiger partial charge on any atom is -0.345 e. The van der Waals surface area contributed by atoms with Crippen molar-refractivity contribution >= 4 is 22.7 Å². The lowest BCUT2D eigenvalue weighted by atomic mass is 10.0. The molecule has 1 aromatic carbocycles. The van der Waals surface area contributed by atoms with Gasteiger partial charge in [0.1, 0.15) is 0 Å². The second-order valence-corrected chi connectivity index (χ2v) is 6.56. The van der Waals surface area contributed by atoms with Crippen molar-refractivity contribution in [3.05, 3.63) is 36.0 Å². The van der Waals surface area contributed by atoms with Crippen LogP contribution < -0.4 is 0 Å². The molecule has 0 radical (unpaired) electrons. The van der Waals surface area contributed by atoms with Crippen LogP contribution >= 0.6 is 11.8 Å². The van der Waals surface area contributed by atoms with Crippen LogP contribution in [0.1, 0.15) is 32.4 Å². The highest BCUT2D eigenvalue weighted by Crippen LogP contribution is 2.55. The largest absolute Gasteiger partial charge is 0.345 e. The minimum absolute atomic E-state index is 0.375. The Morgan fingerprint density at radius 1 is 1.31 bits per heavy atom. The molecule has 1 aromatic heterocycles. The van der Waals surface area contributed by atoms with Crippen LogP contribution in [0.5, 0.6) is 0 Å². The number of thioether (sulfide) groups is 1. The van der Waals surface area contributed by atoms with Crippen molar-refractivity contribution in [1.82, 2.24) is 4.57 Å². The molecule has 2 heteroatoms. The Balaban J connectivity index is 2.29. The zero-order valence-electron chi connectivity index (χ0n) is 10.0. The highest BCUT2D eigenvalue weighted by Gasteiger charge is 2.42. The Kier molecular flexibility index (Phi) is 2.12. The van der Waals surface area contributed by atoms with Gasteiger partial charge in [-0.25, -0.2) is 0 Å². The van der Waals surface area contributed by atoms with Crippen molar-refractivity contribution in [2.75, 3.05) is 5.75 Å². The van der Waals surface area contributed by atoms with E-state index < -0.39 is 0 Å². The monoisotopic (exact) mass is 231 g/mol. The van der Waals surface area contributed by atoms with E-state index in [2.05, 4.69) is 67.6 Å². The molecule has 0 N–H and O–H groups in total. The van der Waals surface area contributed by atoms with E-state index in [0.29, 0.717) is 10.8 Å². The Labute approximate surface area is 101 Å². The Morgan fingerprint density at radius 2 is 2.00 bits per heavy atom.